The van der Waals surface area contributed by atoms with Crippen LogP contribution in [0.15, 0.2) is 6.07 Å². The Kier molecular flexibility index (Phi) is 3.62. The molecule has 1 fully saturated rings. The fourth-order valence-electron chi connectivity index (χ4n) is 1.94. The lowest BCUT2D eigenvalue weighted by atomic mass is 9.92. The van der Waals surface area contributed by atoms with Gasteiger partial charge < -0.3 is 5.32 Å². The Morgan fingerprint density at radius 1 is 1.39 bits per heavy atom. The number of nitrogens with zero attached hydrogens (tertiary/aromatic N) is 3. The van der Waals surface area contributed by atoms with Gasteiger partial charge in [-0.2, -0.15) is 5.26 Å². The average molecular weight is 273 g/mol. The van der Waals surface area contributed by atoms with Crippen LogP contribution in [-0.4, -0.2) is 21.9 Å². The summed E-state index contributed by atoms with van der Waals surface area (Å²) < 4.78 is 26.0. The second kappa shape index (κ2) is 5.02. The Balaban J connectivity index is 2.02. The van der Waals surface area contributed by atoms with Crippen LogP contribution in [0.3, 0.4) is 0 Å². The third-order valence-corrected chi connectivity index (χ3v) is 3.05. The van der Waals surface area contributed by atoms with E-state index in [2.05, 4.69) is 15.3 Å². The van der Waals surface area contributed by atoms with Crippen LogP contribution in [0.4, 0.5) is 14.6 Å². The first kappa shape index (κ1) is 13.0. The number of nitriles is 1. The molecule has 0 spiro atoms. The lowest BCUT2D eigenvalue weighted by molar-refractivity contribution is -0.0361. The number of halogens is 3. The number of anilines is 1. The minimum atomic E-state index is -2.56. The summed E-state index contributed by atoms with van der Waals surface area (Å²) in [5.74, 6) is -2.15. The van der Waals surface area contributed by atoms with Crippen molar-refractivity contribution in [3.05, 3.63) is 17.0 Å². The molecule has 0 unspecified atom stereocenters. The summed E-state index contributed by atoms with van der Waals surface area (Å²) in [6.45, 7) is 0. The topological polar surface area (TPSA) is 61.6 Å². The zero-order valence-corrected chi connectivity index (χ0v) is 10.2. The van der Waals surface area contributed by atoms with Crippen LogP contribution in [-0.2, 0) is 0 Å². The molecule has 1 heterocycles. The van der Waals surface area contributed by atoms with Gasteiger partial charge in [0.1, 0.15) is 17.6 Å². The molecule has 0 saturated heterocycles. The Bertz CT molecular complexity index is 476. The van der Waals surface area contributed by atoms with E-state index in [1.165, 1.54) is 6.07 Å². The molecule has 18 heavy (non-hydrogen) atoms. The van der Waals surface area contributed by atoms with Gasteiger partial charge in [0.05, 0.1) is 0 Å². The molecule has 1 aromatic heterocycles. The van der Waals surface area contributed by atoms with Crippen LogP contribution in [0, 0.1) is 11.3 Å². The van der Waals surface area contributed by atoms with E-state index >= 15 is 0 Å². The fraction of sp³-hybridized carbons (Fsp3) is 0.545. The number of rotatable bonds is 2. The summed E-state index contributed by atoms with van der Waals surface area (Å²) in [6, 6.07) is 3.25. The lowest BCUT2D eigenvalue weighted by Gasteiger charge is -2.29. The SMILES string of the molecule is N#Cc1cc(NC2CCC(F)(F)CC2)nc(Cl)n1. The number of alkyl halides is 2. The van der Waals surface area contributed by atoms with Crippen molar-refractivity contribution < 1.29 is 8.78 Å². The first-order valence-corrected chi connectivity index (χ1v) is 5.95. The maximum Gasteiger partial charge on any atom is 0.248 e. The highest BCUT2D eigenvalue weighted by molar-refractivity contribution is 6.28. The minimum absolute atomic E-state index is 0.0299. The second-order valence-electron chi connectivity index (χ2n) is 4.29. The number of aromatic nitrogens is 2. The Morgan fingerprint density at radius 2 is 2.06 bits per heavy atom. The number of hydrogen-bond donors (Lipinski definition) is 1. The third-order valence-electron chi connectivity index (χ3n) is 2.88. The highest BCUT2D eigenvalue weighted by Crippen LogP contribution is 2.34. The Morgan fingerprint density at radius 3 is 2.67 bits per heavy atom. The molecule has 1 aliphatic carbocycles. The van der Waals surface area contributed by atoms with Gasteiger partial charge in [0.2, 0.25) is 11.2 Å². The van der Waals surface area contributed by atoms with E-state index < -0.39 is 5.92 Å². The second-order valence-corrected chi connectivity index (χ2v) is 4.63. The van der Waals surface area contributed by atoms with E-state index in [0.717, 1.165) is 0 Å². The van der Waals surface area contributed by atoms with Crippen molar-refractivity contribution in [2.24, 2.45) is 0 Å². The first-order chi connectivity index (χ1) is 8.48. The summed E-state index contributed by atoms with van der Waals surface area (Å²) in [7, 11) is 0. The van der Waals surface area contributed by atoms with Gasteiger partial charge in [0.25, 0.3) is 0 Å². The van der Waals surface area contributed by atoms with Crippen LogP contribution in [0.2, 0.25) is 5.28 Å². The smallest absolute Gasteiger partial charge is 0.248 e. The van der Waals surface area contributed by atoms with E-state index in [0.29, 0.717) is 18.7 Å². The predicted octanol–water partition coefficient (Wildman–Crippen LogP) is 2.99. The van der Waals surface area contributed by atoms with Gasteiger partial charge in [0, 0.05) is 24.9 Å². The molecule has 0 aromatic carbocycles. The largest absolute Gasteiger partial charge is 0.367 e. The zero-order chi connectivity index (χ0) is 13.2. The molecule has 1 aromatic rings. The van der Waals surface area contributed by atoms with Crippen molar-refractivity contribution in [2.45, 2.75) is 37.6 Å². The van der Waals surface area contributed by atoms with Gasteiger partial charge in [-0.05, 0) is 24.4 Å². The molecule has 1 aliphatic rings. The van der Waals surface area contributed by atoms with Crippen molar-refractivity contribution >= 4 is 17.4 Å². The Hall–Kier alpha value is -1.48. The van der Waals surface area contributed by atoms with Crippen molar-refractivity contribution in [1.29, 1.82) is 5.26 Å². The normalized spacial score (nSPS) is 19.2. The Labute approximate surface area is 108 Å². The fourth-order valence-corrected chi connectivity index (χ4v) is 2.12. The monoisotopic (exact) mass is 272 g/mol. The maximum absolute atomic E-state index is 13.0. The molecule has 7 heteroatoms. The van der Waals surface area contributed by atoms with Crippen LogP contribution < -0.4 is 5.32 Å². The number of hydrogen-bond acceptors (Lipinski definition) is 4. The van der Waals surface area contributed by atoms with E-state index in [9.17, 15) is 8.78 Å². The van der Waals surface area contributed by atoms with Gasteiger partial charge in [-0.25, -0.2) is 18.7 Å². The standard InChI is InChI=1S/C11H11ClF2N4/c12-10-17-8(6-15)5-9(18-10)16-7-1-3-11(13,14)4-2-7/h5,7H,1-4H2,(H,16,17,18). The van der Waals surface area contributed by atoms with Gasteiger partial charge in [-0.1, -0.05) is 0 Å². The highest BCUT2D eigenvalue weighted by atomic mass is 35.5. The highest BCUT2D eigenvalue weighted by Gasteiger charge is 2.34. The first-order valence-electron chi connectivity index (χ1n) is 5.57. The van der Waals surface area contributed by atoms with E-state index in [1.54, 1.807) is 0 Å². The summed E-state index contributed by atoms with van der Waals surface area (Å²) in [5, 5.41) is 11.7. The molecule has 1 saturated carbocycles. The van der Waals surface area contributed by atoms with Crippen LogP contribution in [0.25, 0.3) is 0 Å². The number of nitrogens with one attached hydrogen (secondary N) is 1. The van der Waals surface area contributed by atoms with Crippen molar-refractivity contribution in [2.75, 3.05) is 5.32 Å². The molecule has 2 rings (SSSR count). The molecular formula is C11H11ClF2N4. The zero-order valence-electron chi connectivity index (χ0n) is 9.46. The minimum Gasteiger partial charge on any atom is -0.367 e. The molecule has 1 N–H and O–H groups in total. The summed E-state index contributed by atoms with van der Waals surface area (Å²) >= 11 is 5.66. The predicted molar refractivity (Wildman–Crippen MR) is 62.6 cm³/mol. The van der Waals surface area contributed by atoms with Gasteiger partial charge >= 0.3 is 0 Å². The van der Waals surface area contributed by atoms with Crippen molar-refractivity contribution in [3.8, 4) is 6.07 Å². The van der Waals surface area contributed by atoms with Crippen LogP contribution in [0.5, 0.6) is 0 Å². The molecule has 0 radical (unpaired) electrons. The molecule has 96 valence electrons. The maximum atomic E-state index is 13.0. The molecular weight excluding hydrogens is 262 g/mol. The molecule has 0 aliphatic heterocycles. The van der Waals surface area contributed by atoms with Crippen molar-refractivity contribution in [3.63, 3.8) is 0 Å². The van der Waals surface area contributed by atoms with Gasteiger partial charge in [-0.3, -0.25) is 0 Å². The third kappa shape index (κ3) is 3.26. The van der Waals surface area contributed by atoms with Crippen LogP contribution >= 0.6 is 11.6 Å². The molecule has 0 atom stereocenters. The van der Waals surface area contributed by atoms with E-state index in [1.807, 2.05) is 6.07 Å². The lowest BCUT2D eigenvalue weighted by Crippen LogP contribution is -2.32. The average Bonchev–Trinajstić information content (AvgIpc) is 2.31. The molecule has 0 amide bonds. The van der Waals surface area contributed by atoms with E-state index in [-0.39, 0.29) is 29.9 Å². The van der Waals surface area contributed by atoms with Crippen LogP contribution in [0.1, 0.15) is 31.4 Å². The quantitative estimate of drug-likeness (QED) is 0.841. The molecule has 0 bridgehead atoms. The van der Waals surface area contributed by atoms with Crippen molar-refractivity contribution in [1.82, 2.24) is 9.97 Å². The summed E-state index contributed by atoms with van der Waals surface area (Å²) in [5.41, 5.74) is 0.152. The van der Waals surface area contributed by atoms with E-state index in [4.69, 9.17) is 16.9 Å². The summed E-state index contributed by atoms with van der Waals surface area (Å²) in [6.07, 6.45) is 0.482. The summed E-state index contributed by atoms with van der Waals surface area (Å²) in [4.78, 5) is 7.62. The molecule has 4 nitrogen and oxygen atoms in total. The van der Waals surface area contributed by atoms with Gasteiger partial charge in [0.15, 0.2) is 0 Å². The van der Waals surface area contributed by atoms with Gasteiger partial charge in [-0.15, -0.1) is 0 Å².